The minimum atomic E-state index is -3.74. The van der Waals surface area contributed by atoms with Crippen LogP contribution < -0.4 is 10.1 Å². The molecule has 1 amide bonds. The summed E-state index contributed by atoms with van der Waals surface area (Å²) in [5.41, 5.74) is 1.22. The number of hydrogen-bond donors (Lipinski definition) is 1. The van der Waals surface area contributed by atoms with Crippen LogP contribution in [0.3, 0.4) is 0 Å². The van der Waals surface area contributed by atoms with Crippen LogP contribution >= 0.6 is 0 Å². The molecule has 2 aromatic carbocycles. The van der Waals surface area contributed by atoms with E-state index < -0.39 is 15.9 Å². The van der Waals surface area contributed by atoms with Crippen LogP contribution in [0.2, 0.25) is 0 Å². The summed E-state index contributed by atoms with van der Waals surface area (Å²) in [6.45, 7) is 0.951. The Labute approximate surface area is 180 Å². The number of aromatic nitrogens is 1. The zero-order valence-electron chi connectivity index (χ0n) is 17.1. The van der Waals surface area contributed by atoms with Gasteiger partial charge in [0.2, 0.25) is 10.0 Å². The molecular weight excluding hydrogens is 418 g/mol. The van der Waals surface area contributed by atoms with Gasteiger partial charge in [-0.3, -0.25) is 4.79 Å². The second kappa shape index (κ2) is 8.91. The Hall–Kier alpha value is -3.17. The molecule has 0 atom stereocenters. The Bertz CT molecular complexity index is 1170. The van der Waals surface area contributed by atoms with Crippen molar-refractivity contribution >= 4 is 21.6 Å². The number of carbonyl (C=O) groups excluding carboxylic acids is 1. The van der Waals surface area contributed by atoms with Crippen LogP contribution in [0.15, 0.2) is 64.0 Å². The maximum absolute atomic E-state index is 13.1. The van der Waals surface area contributed by atoms with E-state index in [1.54, 1.807) is 12.1 Å². The maximum Gasteiger partial charge on any atom is 0.277 e. The first-order valence-electron chi connectivity index (χ1n) is 10.0. The van der Waals surface area contributed by atoms with Gasteiger partial charge in [-0.2, -0.15) is 4.31 Å². The molecule has 8 nitrogen and oxygen atoms in total. The van der Waals surface area contributed by atoms with Crippen molar-refractivity contribution in [3.63, 3.8) is 0 Å². The molecule has 1 aromatic heterocycles. The normalized spacial score (nSPS) is 14.9. The molecule has 9 heteroatoms. The van der Waals surface area contributed by atoms with Gasteiger partial charge in [-0.1, -0.05) is 41.9 Å². The molecule has 3 aromatic rings. The van der Waals surface area contributed by atoms with Crippen LogP contribution in [0.4, 0.5) is 5.69 Å². The molecule has 1 fully saturated rings. The van der Waals surface area contributed by atoms with Crippen molar-refractivity contribution in [3.05, 3.63) is 60.3 Å². The van der Waals surface area contributed by atoms with E-state index in [0.717, 1.165) is 24.8 Å². The number of rotatable bonds is 6. The van der Waals surface area contributed by atoms with Gasteiger partial charge >= 0.3 is 0 Å². The van der Waals surface area contributed by atoms with E-state index in [9.17, 15) is 13.2 Å². The summed E-state index contributed by atoms with van der Waals surface area (Å²) in [5.74, 6) is 0.197. The zero-order chi connectivity index (χ0) is 21.8. The number of nitrogens with one attached hydrogen (secondary N) is 1. The summed E-state index contributed by atoms with van der Waals surface area (Å²) in [6.07, 6.45) is 2.67. The highest BCUT2D eigenvalue weighted by atomic mass is 32.2. The number of carbonyl (C=O) groups is 1. The van der Waals surface area contributed by atoms with E-state index in [1.807, 2.05) is 30.3 Å². The van der Waals surface area contributed by atoms with Crippen LogP contribution in [-0.4, -0.2) is 44.0 Å². The molecule has 0 aliphatic carbocycles. The predicted octanol–water partition coefficient (Wildman–Crippen LogP) is 3.78. The van der Waals surface area contributed by atoms with Gasteiger partial charge in [-0.15, -0.1) is 0 Å². The SMILES string of the molecule is COc1ccc(NC(=O)c2cc(-c3ccccc3)on2)cc1S(=O)(=O)N1CCCCC1. The summed E-state index contributed by atoms with van der Waals surface area (Å²) < 4.78 is 38.3. The van der Waals surface area contributed by atoms with Gasteiger partial charge in [0.15, 0.2) is 11.5 Å². The number of anilines is 1. The molecule has 4 rings (SSSR count). The van der Waals surface area contributed by atoms with Crippen LogP contribution in [0, 0.1) is 0 Å². The lowest BCUT2D eigenvalue weighted by atomic mass is 10.1. The Morgan fingerprint density at radius 2 is 1.81 bits per heavy atom. The molecular formula is C22H23N3O5S. The Morgan fingerprint density at radius 3 is 2.52 bits per heavy atom. The highest BCUT2D eigenvalue weighted by Crippen LogP contribution is 2.31. The monoisotopic (exact) mass is 441 g/mol. The summed E-state index contributed by atoms with van der Waals surface area (Å²) in [7, 11) is -2.32. The molecule has 162 valence electrons. The highest BCUT2D eigenvalue weighted by Gasteiger charge is 2.29. The summed E-state index contributed by atoms with van der Waals surface area (Å²) in [5, 5.41) is 6.52. The average Bonchev–Trinajstić information content (AvgIpc) is 3.31. The number of methoxy groups -OCH3 is 1. The van der Waals surface area contributed by atoms with Crippen LogP contribution in [-0.2, 0) is 10.0 Å². The first-order valence-corrected chi connectivity index (χ1v) is 11.4. The van der Waals surface area contributed by atoms with Gasteiger partial charge in [0.25, 0.3) is 5.91 Å². The van der Waals surface area contributed by atoms with Gasteiger partial charge < -0.3 is 14.6 Å². The molecule has 2 heterocycles. The molecule has 0 radical (unpaired) electrons. The number of piperidine rings is 1. The third kappa shape index (κ3) is 4.47. The molecule has 31 heavy (non-hydrogen) atoms. The predicted molar refractivity (Wildman–Crippen MR) is 115 cm³/mol. The Kier molecular flexibility index (Phi) is 6.06. The van der Waals surface area contributed by atoms with E-state index in [0.29, 0.717) is 24.5 Å². The van der Waals surface area contributed by atoms with Crippen molar-refractivity contribution < 1.29 is 22.5 Å². The molecule has 0 unspecified atom stereocenters. The zero-order valence-corrected chi connectivity index (χ0v) is 17.9. The second-order valence-electron chi connectivity index (χ2n) is 7.23. The number of amides is 1. The van der Waals surface area contributed by atoms with Crippen molar-refractivity contribution in [3.8, 4) is 17.1 Å². The van der Waals surface area contributed by atoms with Crippen LogP contribution in [0.25, 0.3) is 11.3 Å². The highest BCUT2D eigenvalue weighted by molar-refractivity contribution is 7.89. The van der Waals surface area contributed by atoms with E-state index in [1.165, 1.54) is 23.5 Å². The third-order valence-corrected chi connectivity index (χ3v) is 7.08. The third-order valence-electron chi connectivity index (χ3n) is 5.16. The first-order chi connectivity index (χ1) is 15.0. The molecule has 0 spiro atoms. The van der Waals surface area contributed by atoms with Gasteiger partial charge in [-0.25, -0.2) is 8.42 Å². The molecule has 1 aliphatic heterocycles. The summed E-state index contributed by atoms with van der Waals surface area (Å²) >= 11 is 0. The maximum atomic E-state index is 13.1. The smallest absolute Gasteiger partial charge is 0.277 e. The second-order valence-corrected chi connectivity index (χ2v) is 9.13. The fourth-order valence-electron chi connectivity index (χ4n) is 3.52. The van der Waals surface area contributed by atoms with Crippen molar-refractivity contribution in [2.75, 3.05) is 25.5 Å². The fraction of sp³-hybridized carbons (Fsp3) is 0.273. The molecule has 1 saturated heterocycles. The molecule has 0 saturated carbocycles. The van der Waals surface area contributed by atoms with Crippen molar-refractivity contribution in [2.24, 2.45) is 0 Å². The average molecular weight is 442 g/mol. The van der Waals surface area contributed by atoms with Crippen molar-refractivity contribution in [1.29, 1.82) is 0 Å². The number of benzene rings is 2. The van der Waals surface area contributed by atoms with Crippen LogP contribution in [0.5, 0.6) is 5.75 Å². The first kappa shape index (κ1) is 21.1. The lowest BCUT2D eigenvalue weighted by Gasteiger charge is -2.26. The molecule has 0 bridgehead atoms. The van der Waals surface area contributed by atoms with E-state index in [-0.39, 0.29) is 16.3 Å². The van der Waals surface area contributed by atoms with Gasteiger partial charge in [0, 0.05) is 30.4 Å². The Balaban J connectivity index is 1.57. The largest absolute Gasteiger partial charge is 0.495 e. The number of hydrogen-bond acceptors (Lipinski definition) is 6. The van der Waals surface area contributed by atoms with Crippen molar-refractivity contribution in [1.82, 2.24) is 9.46 Å². The molecule has 1 N–H and O–H groups in total. The minimum absolute atomic E-state index is 0.0276. The van der Waals surface area contributed by atoms with E-state index >= 15 is 0 Å². The quantitative estimate of drug-likeness (QED) is 0.625. The van der Waals surface area contributed by atoms with E-state index in [2.05, 4.69) is 10.5 Å². The number of sulfonamides is 1. The minimum Gasteiger partial charge on any atom is -0.495 e. The lowest BCUT2D eigenvalue weighted by molar-refractivity contribution is 0.101. The number of nitrogens with zero attached hydrogens (tertiary/aromatic N) is 2. The summed E-state index contributed by atoms with van der Waals surface area (Å²) in [6, 6.07) is 15.4. The van der Waals surface area contributed by atoms with Crippen LogP contribution in [0.1, 0.15) is 29.8 Å². The van der Waals surface area contributed by atoms with Gasteiger partial charge in [-0.05, 0) is 31.0 Å². The van der Waals surface area contributed by atoms with E-state index in [4.69, 9.17) is 9.26 Å². The number of ether oxygens (including phenoxy) is 1. The lowest BCUT2D eigenvalue weighted by Crippen LogP contribution is -2.35. The topological polar surface area (TPSA) is 102 Å². The van der Waals surface area contributed by atoms with Gasteiger partial charge in [0.1, 0.15) is 10.6 Å². The van der Waals surface area contributed by atoms with Gasteiger partial charge in [0.05, 0.1) is 7.11 Å². The molecule has 1 aliphatic rings. The van der Waals surface area contributed by atoms with Crippen molar-refractivity contribution in [2.45, 2.75) is 24.2 Å². The Morgan fingerprint density at radius 1 is 1.06 bits per heavy atom. The standard InChI is InChI=1S/C22H23N3O5S/c1-29-19-11-10-17(14-21(19)31(27,28)25-12-6-3-7-13-25)23-22(26)18-15-20(30-24-18)16-8-4-2-5-9-16/h2,4-5,8-11,14-15H,3,6-7,12-13H2,1H3,(H,23,26). The summed E-state index contributed by atoms with van der Waals surface area (Å²) in [4.78, 5) is 12.7. The fourth-order valence-corrected chi connectivity index (χ4v) is 5.21.